The average Bonchev–Trinajstić information content (AvgIpc) is 3.17. The maximum absolute atomic E-state index is 13.1. The van der Waals surface area contributed by atoms with Gasteiger partial charge in [0, 0.05) is 19.5 Å². The molecule has 4 rings (SSSR count). The van der Waals surface area contributed by atoms with E-state index in [-0.39, 0.29) is 11.5 Å². The maximum atomic E-state index is 13.1. The number of carboxylic acids is 1. The molecule has 1 fully saturated rings. The van der Waals surface area contributed by atoms with Crippen molar-refractivity contribution >= 4 is 29.1 Å². The lowest BCUT2D eigenvalue weighted by atomic mass is 10.1. The number of para-hydroxylation sites is 1. The summed E-state index contributed by atoms with van der Waals surface area (Å²) in [6, 6.07) is 6.23. The topological polar surface area (TPSA) is 144 Å². The quantitative estimate of drug-likeness (QED) is 0.499. The van der Waals surface area contributed by atoms with Crippen molar-refractivity contribution < 1.29 is 28.2 Å². The second-order valence-corrected chi connectivity index (χ2v) is 7.06. The summed E-state index contributed by atoms with van der Waals surface area (Å²) >= 11 is 0. The van der Waals surface area contributed by atoms with Crippen molar-refractivity contribution in [2.45, 2.75) is 12.3 Å². The summed E-state index contributed by atoms with van der Waals surface area (Å²) in [5.41, 5.74) is 0.429. The Morgan fingerprint density at radius 1 is 1.28 bits per heavy atom. The summed E-state index contributed by atoms with van der Waals surface area (Å²) < 4.78 is 33.3. The van der Waals surface area contributed by atoms with Crippen LogP contribution in [0.3, 0.4) is 0 Å². The van der Waals surface area contributed by atoms with Crippen LogP contribution in [0.4, 0.5) is 26.0 Å². The molecule has 0 spiro atoms. The number of aromatic carboxylic acids is 1. The van der Waals surface area contributed by atoms with E-state index in [2.05, 4.69) is 30.9 Å². The fourth-order valence-electron chi connectivity index (χ4n) is 3.06. The fraction of sp³-hybridized carbons (Fsp3) is 0.263. The molecule has 32 heavy (non-hydrogen) atoms. The first-order chi connectivity index (χ1) is 15.2. The fourth-order valence-corrected chi connectivity index (χ4v) is 3.06. The molecule has 13 heteroatoms. The monoisotopic (exact) mass is 445 g/mol. The number of aromatic nitrogens is 5. The van der Waals surface area contributed by atoms with E-state index >= 15 is 0 Å². The number of carbonyl (C=O) groups excluding carboxylic acids is 1. The van der Waals surface area contributed by atoms with Gasteiger partial charge in [-0.25, -0.2) is 18.6 Å². The van der Waals surface area contributed by atoms with Crippen LogP contribution in [0.5, 0.6) is 5.75 Å². The van der Waals surface area contributed by atoms with E-state index in [1.54, 1.807) is 25.2 Å². The highest BCUT2D eigenvalue weighted by molar-refractivity contribution is 5.97. The van der Waals surface area contributed by atoms with E-state index in [1.807, 2.05) is 0 Å². The highest BCUT2D eigenvalue weighted by Gasteiger charge is 2.61. The first-order valence-electron chi connectivity index (χ1n) is 9.29. The molecule has 2 heterocycles. The number of ether oxygens (including phenoxy) is 1. The Balaban J connectivity index is 1.67. The minimum absolute atomic E-state index is 0.0326. The molecule has 0 bridgehead atoms. The molecule has 1 amide bonds. The number of carboxylic acid groups (broad SMARTS) is 1. The largest absolute Gasteiger partial charge is 0.494 e. The molecule has 1 aliphatic carbocycles. The van der Waals surface area contributed by atoms with Crippen molar-refractivity contribution in [3.8, 4) is 17.1 Å². The van der Waals surface area contributed by atoms with Gasteiger partial charge < -0.3 is 20.5 Å². The van der Waals surface area contributed by atoms with E-state index in [0.717, 1.165) is 0 Å². The molecule has 1 atom stereocenters. The van der Waals surface area contributed by atoms with Gasteiger partial charge in [-0.2, -0.15) is 5.10 Å². The summed E-state index contributed by atoms with van der Waals surface area (Å²) in [6.07, 6.45) is 0.971. The maximum Gasteiger partial charge on any atom is 0.358 e. The average molecular weight is 445 g/mol. The number of benzene rings is 1. The summed E-state index contributed by atoms with van der Waals surface area (Å²) in [4.78, 5) is 27.8. The van der Waals surface area contributed by atoms with Gasteiger partial charge in [0.25, 0.3) is 5.92 Å². The van der Waals surface area contributed by atoms with Crippen LogP contribution in [0.1, 0.15) is 16.9 Å². The lowest BCUT2D eigenvalue weighted by Crippen LogP contribution is -2.19. The van der Waals surface area contributed by atoms with Gasteiger partial charge in [0.05, 0.1) is 24.0 Å². The minimum Gasteiger partial charge on any atom is -0.494 e. The van der Waals surface area contributed by atoms with Gasteiger partial charge in [-0.1, -0.05) is 6.07 Å². The molecular weight excluding hydrogens is 428 g/mol. The highest BCUT2D eigenvalue weighted by atomic mass is 19.3. The van der Waals surface area contributed by atoms with Crippen LogP contribution < -0.4 is 15.4 Å². The van der Waals surface area contributed by atoms with Crippen LogP contribution in [-0.4, -0.2) is 55.0 Å². The normalized spacial score (nSPS) is 16.3. The zero-order valence-electron chi connectivity index (χ0n) is 16.8. The Bertz CT molecular complexity index is 1210. The van der Waals surface area contributed by atoms with E-state index < -0.39 is 35.8 Å². The number of aryl methyl sites for hydroxylation is 1. The molecule has 11 nitrogen and oxygen atoms in total. The van der Waals surface area contributed by atoms with Crippen molar-refractivity contribution in [3.63, 3.8) is 0 Å². The van der Waals surface area contributed by atoms with E-state index in [0.29, 0.717) is 22.8 Å². The molecule has 2 aromatic heterocycles. The van der Waals surface area contributed by atoms with Crippen LogP contribution in [0.25, 0.3) is 11.4 Å². The van der Waals surface area contributed by atoms with Crippen LogP contribution in [0.15, 0.2) is 30.6 Å². The van der Waals surface area contributed by atoms with Gasteiger partial charge in [-0.05, 0) is 12.1 Å². The molecule has 3 aromatic rings. The summed E-state index contributed by atoms with van der Waals surface area (Å²) in [5.74, 6) is -6.25. The number of amides is 1. The molecule has 1 aliphatic rings. The first-order valence-corrected chi connectivity index (χ1v) is 9.29. The molecule has 3 N–H and O–H groups in total. The van der Waals surface area contributed by atoms with Crippen LogP contribution in [0.2, 0.25) is 0 Å². The lowest BCUT2D eigenvalue weighted by Gasteiger charge is -2.15. The number of nitrogens with zero attached hydrogens (tertiary/aromatic N) is 5. The van der Waals surface area contributed by atoms with Gasteiger partial charge in [0.15, 0.2) is 23.1 Å². The predicted molar refractivity (Wildman–Crippen MR) is 107 cm³/mol. The van der Waals surface area contributed by atoms with Crippen molar-refractivity contribution in [2.24, 2.45) is 13.0 Å². The van der Waals surface area contributed by atoms with Gasteiger partial charge in [-0.3, -0.25) is 9.48 Å². The lowest BCUT2D eigenvalue weighted by molar-refractivity contribution is -0.119. The van der Waals surface area contributed by atoms with E-state index in [1.165, 1.54) is 24.2 Å². The van der Waals surface area contributed by atoms with Gasteiger partial charge in [-0.15, -0.1) is 10.2 Å². The third kappa shape index (κ3) is 4.04. The number of rotatable bonds is 7. The number of halogens is 2. The van der Waals surface area contributed by atoms with Crippen molar-refractivity contribution in [1.29, 1.82) is 0 Å². The van der Waals surface area contributed by atoms with Crippen molar-refractivity contribution in [1.82, 2.24) is 25.0 Å². The molecule has 1 aromatic carbocycles. The predicted octanol–water partition coefficient (Wildman–Crippen LogP) is 2.32. The van der Waals surface area contributed by atoms with Gasteiger partial charge in [0.2, 0.25) is 5.91 Å². The third-order valence-electron chi connectivity index (χ3n) is 4.72. The van der Waals surface area contributed by atoms with Gasteiger partial charge >= 0.3 is 5.97 Å². The zero-order chi connectivity index (χ0) is 23.0. The molecule has 0 radical (unpaired) electrons. The molecule has 0 saturated heterocycles. The number of alkyl halides is 2. The summed E-state index contributed by atoms with van der Waals surface area (Å²) in [7, 11) is 3.14. The number of hydrogen-bond acceptors (Lipinski definition) is 8. The molecule has 166 valence electrons. The second kappa shape index (κ2) is 7.83. The molecule has 1 saturated carbocycles. The molecular formula is C19H17F2N7O4. The van der Waals surface area contributed by atoms with Gasteiger partial charge in [0.1, 0.15) is 12.2 Å². The smallest absolute Gasteiger partial charge is 0.358 e. The van der Waals surface area contributed by atoms with Crippen LogP contribution in [0, 0.1) is 5.92 Å². The van der Waals surface area contributed by atoms with E-state index in [9.17, 15) is 23.5 Å². The first kappa shape index (κ1) is 21.1. The molecule has 0 aliphatic heterocycles. The van der Waals surface area contributed by atoms with E-state index in [4.69, 9.17) is 4.74 Å². The van der Waals surface area contributed by atoms with Crippen LogP contribution in [-0.2, 0) is 11.8 Å². The summed E-state index contributed by atoms with van der Waals surface area (Å²) in [5, 5.41) is 26.0. The standard InChI is InChI=1S/C19H17F2N7O4/c1-28-8-22-16(27-28)9-4-3-5-11(15(9)32-2)23-12-6-13(25-26-14(12)18(30)31)24-17(29)10-7-19(10,20)21/h3-6,8,10H,7H2,1-2H3,(H,30,31)(H2,23,24,25,29)/t10-/m0/s1. The number of nitrogens with one attached hydrogen (secondary N) is 2. The third-order valence-corrected chi connectivity index (χ3v) is 4.72. The second-order valence-electron chi connectivity index (χ2n) is 7.06. The zero-order valence-corrected chi connectivity index (χ0v) is 16.8. The Kier molecular flexibility index (Phi) is 5.16. The minimum atomic E-state index is -3.05. The number of anilines is 3. The Labute approximate surface area is 179 Å². The Hall–Kier alpha value is -4.16. The number of methoxy groups -OCH3 is 1. The number of carbonyl (C=O) groups is 2. The van der Waals surface area contributed by atoms with Crippen molar-refractivity contribution in [3.05, 3.63) is 36.3 Å². The molecule has 0 unspecified atom stereocenters. The number of hydrogen-bond donors (Lipinski definition) is 3. The SMILES string of the molecule is COc1c(Nc2cc(NC(=O)[C@@H]3CC3(F)F)nnc2C(=O)O)cccc1-c1ncn(C)n1. The summed E-state index contributed by atoms with van der Waals surface area (Å²) in [6.45, 7) is 0. The Morgan fingerprint density at radius 2 is 2.03 bits per heavy atom. The highest BCUT2D eigenvalue weighted by Crippen LogP contribution is 2.49. The van der Waals surface area contributed by atoms with Crippen molar-refractivity contribution in [2.75, 3.05) is 17.7 Å². The Morgan fingerprint density at radius 3 is 2.62 bits per heavy atom. The van der Waals surface area contributed by atoms with Crippen LogP contribution >= 0.6 is 0 Å².